The Hall–Kier alpha value is -2.45. The Kier molecular flexibility index (Phi) is 6.33. The molecular weight excluding hydrogens is 381 g/mol. The molecule has 26 heavy (non-hydrogen) atoms. The van der Waals surface area contributed by atoms with Gasteiger partial charge >= 0.3 is 0 Å². The predicted molar refractivity (Wildman–Crippen MR) is 100 cm³/mol. The number of para-hydroxylation sites is 1. The van der Waals surface area contributed by atoms with Gasteiger partial charge in [0.05, 0.1) is 17.7 Å². The highest BCUT2D eigenvalue weighted by atomic mass is 35.5. The third-order valence-electron chi connectivity index (χ3n) is 3.42. The summed E-state index contributed by atoms with van der Waals surface area (Å²) in [4.78, 5) is 12.1. The lowest BCUT2D eigenvalue weighted by Gasteiger charge is -2.21. The summed E-state index contributed by atoms with van der Waals surface area (Å²) >= 11 is 5.81. The summed E-state index contributed by atoms with van der Waals surface area (Å²) in [7, 11) is -3.86. The predicted octanol–water partition coefficient (Wildman–Crippen LogP) is 2.79. The van der Waals surface area contributed by atoms with E-state index in [1.54, 1.807) is 31.2 Å². The first-order valence-electron chi connectivity index (χ1n) is 7.50. The van der Waals surface area contributed by atoms with Gasteiger partial charge < -0.3 is 0 Å². The lowest BCUT2D eigenvalue weighted by Crippen LogP contribution is -2.39. The fraction of sp³-hybridized carbons (Fsp3) is 0.176. The topological polar surface area (TPSA) is 78.8 Å². The van der Waals surface area contributed by atoms with Crippen LogP contribution in [0.3, 0.4) is 0 Å². The number of nitrogens with zero attached hydrogens (tertiary/aromatic N) is 2. The standard InChI is InChI=1S/C17H17ClFN3O3S/c1-12(13-7-9-14(18)10-8-13)20-21-17(23)11-22(26(2,24)25)16-6-4-3-5-15(16)19/h3-10H,11H2,1-2H3,(H,21,23)/b20-12-. The molecule has 2 aromatic carbocycles. The molecule has 6 nitrogen and oxygen atoms in total. The third kappa shape index (κ3) is 5.27. The molecule has 0 bridgehead atoms. The van der Waals surface area contributed by atoms with Gasteiger partial charge in [-0.2, -0.15) is 5.10 Å². The molecular formula is C17H17ClFN3O3S. The van der Waals surface area contributed by atoms with Crippen LogP contribution >= 0.6 is 11.6 Å². The lowest BCUT2D eigenvalue weighted by molar-refractivity contribution is -0.119. The second kappa shape index (κ2) is 8.29. The van der Waals surface area contributed by atoms with Crippen LogP contribution in [0.15, 0.2) is 53.6 Å². The van der Waals surface area contributed by atoms with Gasteiger partial charge in [-0.05, 0) is 36.8 Å². The van der Waals surface area contributed by atoms with Gasteiger partial charge in [-0.15, -0.1) is 0 Å². The van der Waals surface area contributed by atoms with Crippen LogP contribution in [-0.4, -0.2) is 32.8 Å². The van der Waals surface area contributed by atoms with Crippen LogP contribution in [0.4, 0.5) is 10.1 Å². The SMILES string of the molecule is C/C(=N/NC(=O)CN(c1ccccc1F)S(C)(=O)=O)c1ccc(Cl)cc1. The maximum Gasteiger partial charge on any atom is 0.260 e. The zero-order chi connectivity index (χ0) is 19.3. The molecule has 138 valence electrons. The van der Waals surface area contributed by atoms with Crippen LogP contribution in [-0.2, 0) is 14.8 Å². The van der Waals surface area contributed by atoms with E-state index in [1.165, 1.54) is 18.2 Å². The van der Waals surface area contributed by atoms with Crippen LogP contribution < -0.4 is 9.73 Å². The Morgan fingerprint density at radius 1 is 1.19 bits per heavy atom. The second-order valence-electron chi connectivity index (χ2n) is 5.46. The van der Waals surface area contributed by atoms with Crippen molar-refractivity contribution in [2.45, 2.75) is 6.92 Å². The zero-order valence-electron chi connectivity index (χ0n) is 14.1. The summed E-state index contributed by atoms with van der Waals surface area (Å²) in [5.41, 5.74) is 3.32. The highest BCUT2D eigenvalue weighted by Crippen LogP contribution is 2.20. The molecule has 0 aromatic heterocycles. The van der Waals surface area contributed by atoms with Gasteiger partial charge in [-0.25, -0.2) is 18.2 Å². The van der Waals surface area contributed by atoms with Crippen LogP contribution in [0.25, 0.3) is 0 Å². The van der Waals surface area contributed by atoms with Gasteiger partial charge in [0.15, 0.2) is 0 Å². The summed E-state index contributed by atoms with van der Waals surface area (Å²) in [6, 6.07) is 12.1. The molecule has 0 spiro atoms. The summed E-state index contributed by atoms with van der Waals surface area (Å²) in [6.07, 6.45) is 0.898. The molecule has 0 radical (unpaired) electrons. The van der Waals surface area contributed by atoms with Gasteiger partial charge in [-0.3, -0.25) is 9.10 Å². The Balaban J connectivity index is 2.14. The van der Waals surface area contributed by atoms with Crippen molar-refractivity contribution in [1.29, 1.82) is 0 Å². The molecule has 1 amide bonds. The average molecular weight is 398 g/mol. The number of anilines is 1. The smallest absolute Gasteiger partial charge is 0.260 e. The van der Waals surface area contributed by atoms with Gasteiger partial charge in [0, 0.05) is 5.02 Å². The summed E-state index contributed by atoms with van der Waals surface area (Å²) < 4.78 is 38.5. The van der Waals surface area contributed by atoms with E-state index in [9.17, 15) is 17.6 Å². The highest BCUT2D eigenvalue weighted by molar-refractivity contribution is 7.92. The van der Waals surface area contributed by atoms with Crippen LogP contribution in [0.5, 0.6) is 0 Å². The molecule has 2 aromatic rings. The number of hydrogen-bond donors (Lipinski definition) is 1. The maximum absolute atomic E-state index is 13.9. The van der Waals surface area contributed by atoms with Crippen molar-refractivity contribution in [1.82, 2.24) is 5.43 Å². The minimum Gasteiger partial charge on any atom is -0.271 e. The van der Waals surface area contributed by atoms with Crippen LogP contribution in [0, 0.1) is 5.82 Å². The molecule has 0 unspecified atom stereocenters. The number of halogens is 2. The number of nitrogens with one attached hydrogen (secondary N) is 1. The molecule has 0 aliphatic rings. The number of amides is 1. The minimum absolute atomic E-state index is 0.205. The summed E-state index contributed by atoms with van der Waals surface area (Å²) in [5, 5.41) is 4.50. The van der Waals surface area contributed by atoms with Gasteiger partial charge in [0.25, 0.3) is 5.91 Å². The van der Waals surface area contributed by atoms with E-state index in [1.807, 2.05) is 0 Å². The van der Waals surface area contributed by atoms with Crippen molar-refractivity contribution >= 4 is 38.9 Å². The Morgan fingerprint density at radius 3 is 2.38 bits per heavy atom. The van der Waals surface area contributed by atoms with Crippen LogP contribution in [0.1, 0.15) is 12.5 Å². The third-order valence-corrected chi connectivity index (χ3v) is 4.80. The van der Waals surface area contributed by atoms with E-state index in [-0.39, 0.29) is 5.69 Å². The number of hydrazone groups is 1. The Labute approximate surface area is 156 Å². The van der Waals surface area contributed by atoms with E-state index in [4.69, 9.17) is 11.6 Å². The van der Waals surface area contributed by atoms with Crippen molar-refractivity contribution in [3.05, 3.63) is 64.9 Å². The van der Waals surface area contributed by atoms with E-state index in [2.05, 4.69) is 10.5 Å². The van der Waals surface area contributed by atoms with Crippen molar-refractivity contribution < 1.29 is 17.6 Å². The number of carbonyl (C=O) groups is 1. The Morgan fingerprint density at radius 2 is 1.81 bits per heavy atom. The maximum atomic E-state index is 13.9. The molecule has 0 fully saturated rings. The molecule has 0 saturated carbocycles. The normalized spacial score (nSPS) is 11.9. The molecule has 0 heterocycles. The van der Waals surface area contributed by atoms with Gasteiger partial charge in [0.1, 0.15) is 12.4 Å². The Bertz CT molecular complexity index is 931. The number of sulfonamides is 1. The van der Waals surface area contributed by atoms with Crippen molar-refractivity contribution in [2.75, 3.05) is 17.1 Å². The molecule has 2 rings (SSSR count). The molecule has 0 aliphatic heterocycles. The molecule has 0 aliphatic carbocycles. The van der Waals surface area contributed by atoms with Crippen molar-refractivity contribution in [3.63, 3.8) is 0 Å². The molecule has 9 heteroatoms. The fourth-order valence-corrected chi connectivity index (χ4v) is 3.09. The molecule has 1 N–H and O–H groups in total. The highest BCUT2D eigenvalue weighted by Gasteiger charge is 2.23. The first-order valence-corrected chi connectivity index (χ1v) is 9.72. The lowest BCUT2D eigenvalue weighted by atomic mass is 10.1. The first kappa shape index (κ1) is 19.9. The van der Waals surface area contributed by atoms with E-state index >= 15 is 0 Å². The quantitative estimate of drug-likeness (QED) is 0.601. The fourth-order valence-electron chi connectivity index (χ4n) is 2.10. The zero-order valence-corrected chi connectivity index (χ0v) is 15.7. The largest absolute Gasteiger partial charge is 0.271 e. The molecule has 0 saturated heterocycles. The van der Waals surface area contributed by atoms with Crippen LogP contribution in [0.2, 0.25) is 5.02 Å². The van der Waals surface area contributed by atoms with Gasteiger partial charge in [-0.1, -0.05) is 35.9 Å². The van der Waals surface area contributed by atoms with Crippen molar-refractivity contribution in [2.24, 2.45) is 5.10 Å². The monoisotopic (exact) mass is 397 g/mol. The van der Waals surface area contributed by atoms with Crippen molar-refractivity contribution in [3.8, 4) is 0 Å². The van der Waals surface area contributed by atoms with E-state index in [0.717, 1.165) is 17.9 Å². The first-order chi connectivity index (χ1) is 12.2. The van der Waals surface area contributed by atoms with Gasteiger partial charge in [0.2, 0.25) is 10.0 Å². The van der Waals surface area contributed by atoms with E-state index in [0.29, 0.717) is 15.0 Å². The molecule has 0 atom stereocenters. The number of hydrogen-bond acceptors (Lipinski definition) is 4. The average Bonchev–Trinajstić information content (AvgIpc) is 2.58. The summed E-state index contributed by atoms with van der Waals surface area (Å²) in [6.45, 7) is 1.08. The number of rotatable bonds is 6. The minimum atomic E-state index is -3.86. The second-order valence-corrected chi connectivity index (χ2v) is 7.80. The van der Waals surface area contributed by atoms with E-state index < -0.39 is 28.3 Å². The number of carbonyl (C=O) groups excluding carboxylic acids is 1. The number of benzene rings is 2. The summed E-state index contributed by atoms with van der Waals surface area (Å²) in [5.74, 6) is -1.45.